The first-order valence-corrected chi connectivity index (χ1v) is 14.2. The molecule has 4 rings (SSSR count). The van der Waals surface area contributed by atoms with Crippen LogP contribution >= 0.6 is 23.5 Å². The number of rotatable bonds is 6. The van der Waals surface area contributed by atoms with Crippen molar-refractivity contribution in [1.82, 2.24) is 21.3 Å². The fourth-order valence-corrected chi connectivity index (χ4v) is 4.27. The van der Waals surface area contributed by atoms with Crippen LogP contribution in [-0.4, -0.2) is 54.5 Å². The number of thioether (sulfide) groups is 2. The number of carbonyl (C=O) groups is 7. The molecule has 0 unspecified atom stereocenters. The quantitative estimate of drug-likeness (QED) is 0.170. The van der Waals surface area contributed by atoms with E-state index in [9.17, 15) is 33.6 Å². The van der Waals surface area contributed by atoms with Gasteiger partial charge in [0.15, 0.2) is 0 Å². The lowest BCUT2D eigenvalue weighted by Gasteiger charge is -2.13. The number of allylic oxidation sites excluding steroid dienone is 3. The van der Waals surface area contributed by atoms with Crippen LogP contribution in [0.2, 0.25) is 0 Å². The van der Waals surface area contributed by atoms with E-state index in [0.717, 1.165) is 27.2 Å². The standard InChI is InChI=1S/C14H12N2O3S.C10H10OS.C4H4N2O3/c1-20-11(9-5-3-2-4-6-9)8-7-10-12(17)15-14(19)16-13(10)18;1-12-10(7-8-11)9-5-3-2-4-6-9;7-2-1-3(8)6-4(9)5-2/h2-8H,1H3,(H2,15,16,17,18,19);2-8H,1H3;1H2,(H2,5,6,7,8,9)/b11-8-;10-7-;. The summed E-state index contributed by atoms with van der Waals surface area (Å²) < 4.78 is 0. The molecule has 2 aromatic rings. The minimum absolute atomic E-state index is 0.0907. The molecular formula is C28H26N4O7S2. The van der Waals surface area contributed by atoms with Gasteiger partial charge in [0.05, 0.1) is 0 Å². The van der Waals surface area contributed by atoms with Crippen molar-refractivity contribution >= 4 is 75.3 Å². The molecule has 2 heterocycles. The molecule has 0 saturated carbocycles. The highest BCUT2D eigenvalue weighted by Crippen LogP contribution is 2.25. The molecule has 0 aromatic heterocycles. The Morgan fingerprint density at radius 2 is 1.05 bits per heavy atom. The van der Waals surface area contributed by atoms with Crippen LogP contribution in [0, 0.1) is 0 Å². The molecule has 41 heavy (non-hydrogen) atoms. The van der Waals surface area contributed by atoms with Crippen LogP contribution in [0.1, 0.15) is 17.5 Å². The van der Waals surface area contributed by atoms with Crippen molar-refractivity contribution in [2.24, 2.45) is 0 Å². The summed E-state index contributed by atoms with van der Waals surface area (Å²) in [5, 5.41) is 7.85. The first kappa shape index (κ1) is 32.5. The average Bonchev–Trinajstić information content (AvgIpc) is 2.94. The summed E-state index contributed by atoms with van der Waals surface area (Å²) in [5.74, 6) is -2.49. The number of benzene rings is 2. The van der Waals surface area contributed by atoms with Crippen molar-refractivity contribution < 1.29 is 33.6 Å². The number of nitrogens with one attached hydrogen (secondary N) is 4. The van der Waals surface area contributed by atoms with Gasteiger partial charge in [0.1, 0.15) is 18.3 Å². The Hall–Kier alpha value is -4.75. The van der Waals surface area contributed by atoms with E-state index in [4.69, 9.17) is 0 Å². The van der Waals surface area contributed by atoms with Gasteiger partial charge in [0.25, 0.3) is 11.8 Å². The maximum atomic E-state index is 11.6. The fourth-order valence-electron chi connectivity index (χ4n) is 3.14. The van der Waals surface area contributed by atoms with Crippen molar-refractivity contribution in [2.75, 3.05) is 12.5 Å². The molecule has 2 fully saturated rings. The predicted octanol–water partition coefficient (Wildman–Crippen LogP) is 3.01. The van der Waals surface area contributed by atoms with Crippen LogP contribution in [0.15, 0.2) is 84.5 Å². The molecule has 4 N–H and O–H groups in total. The van der Waals surface area contributed by atoms with Gasteiger partial charge in [0.2, 0.25) is 11.8 Å². The van der Waals surface area contributed by atoms with Gasteiger partial charge >= 0.3 is 12.1 Å². The minimum Gasteiger partial charge on any atom is -0.299 e. The smallest absolute Gasteiger partial charge is 0.299 e. The SMILES string of the molecule is CS/C(=C\C=C1C(=O)NC(=O)NC1=O)c1ccccc1.CS/C(=C\C=O)c1ccccc1.O=C1CC(=O)NC(=O)N1. The van der Waals surface area contributed by atoms with Crippen LogP contribution in [0.5, 0.6) is 0 Å². The molecule has 0 atom stereocenters. The lowest BCUT2D eigenvalue weighted by molar-refractivity contribution is -0.130. The van der Waals surface area contributed by atoms with Crippen LogP contribution in [0.3, 0.4) is 0 Å². The third-order valence-corrected chi connectivity index (χ3v) is 6.57. The van der Waals surface area contributed by atoms with Gasteiger partial charge in [0, 0.05) is 9.81 Å². The highest BCUT2D eigenvalue weighted by Gasteiger charge is 2.27. The first-order chi connectivity index (χ1) is 19.7. The van der Waals surface area contributed by atoms with Crippen molar-refractivity contribution in [3.63, 3.8) is 0 Å². The van der Waals surface area contributed by atoms with Gasteiger partial charge < -0.3 is 0 Å². The number of urea groups is 2. The second-order valence-electron chi connectivity index (χ2n) is 7.76. The molecule has 212 valence electrons. The van der Waals surface area contributed by atoms with Gasteiger partial charge in [-0.25, -0.2) is 9.59 Å². The normalized spacial score (nSPS) is 15.1. The van der Waals surface area contributed by atoms with E-state index < -0.39 is 35.7 Å². The Labute approximate surface area is 244 Å². The minimum atomic E-state index is -0.797. The Balaban J connectivity index is 0.000000237. The van der Waals surface area contributed by atoms with E-state index in [1.165, 1.54) is 17.8 Å². The molecule has 8 amide bonds. The monoisotopic (exact) mass is 594 g/mol. The third kappa shape index (κ3) is 11.1. The fraction of sp³-hybridized carbons (Fsp3) is 0.107. The average molecular weight is 595 g/mol. The Morgan fingerprint density at radius 1 is 0.634 bits per heavy atom. The van der Waals surface area contributed by atoms with Crippen LogP contribution in [0.4, 0.5) is 9.59 Å². The van der Waals surface area contributed by atoms with Crippen LogP contribution < -0.4 is 21.3 Å². The highest BCUT2D eigenvalue weighted by atomic mass is 32.2. The zero-order valence-corrected chi connectivity index (χ0v) is 23.6. The van der Waals surface area contributed by atoms with Crippen molar-refractivity contribution in [2.45, 2.75) is 6.42 Å². The van der Waals surface area contributed by atoms with Crippen molar-refractivity contribution in [3.05, 3.63) is 95.6 Å². The largest absolute Gasteiger partial charge is 0.328 e. The number of barbiturate groups is 2. The number of imide groups is 4. The van der Waals surface area contributed by atoms with Gasteiger partial charge in [-0.1, -0.05) is 60.7 Å². The Morgan fingerprint density at radius 3 is 1.44 bits per heavy atom. The van der Waals surface area contributed by atoms with Gasteiger partial charge in [-0.05, 0) is 41.9 Å². The summed E-state index contributed by atoms with van der Waals surface area (Å²) in [6.45, 7) is 0. The molecule has 13 heteroatoms. The van der Waals surface area contributed by atoms with E-state index in [1.54, 1.807) is 23.9 Å². The second kappa shape index (κ2) is 17.0. The molecule has 0 spiro atoms. The molecule has 2 saturated heterocycles. The number of carbonyl (C=O) groups excluding carboxylic acids is 7. The Kier molecular flexibility index (Phi) is 13.5. The van der Waals surface area contributed by atoms with Gasteiger partial charge in [-0.2, -0.15) is 0 Å². The molecule has 0 aliphatic carbocycles. The predicted molar refractivity (Wildman–Crippen MR) is 158 cm³/mol. The van der Waals surface area contributed by atoms with E-state index in [1.807, 2.05) is 94.4 Å². The van der Waals surface area contributed by atoms with E-state index in [2.05, 4.69) is 0 Å². The van der Waals surface area contributed by atoms with E-state index >= 15 is 0 Å². The summed E-state index contributed by atoms with van der Waals surface area (Å²) in [5.41, 5.74) is 1.99. The molecule has 2 aliphatic heterocycles. The summed E-state index contributed by atoms with van der Waals surface area (Å²) in [6, 6.07) is 17.9. The van der Waals surface area contributed by atoms with Crippen LogP contribution in [0.25, 0.3) is 9.81 Å². The number of aldehydes is 1. The topological polar surface area (TPSA) is 168 Å². The highest BCUT2D eigenvalue weighted by molar-refractivity contribution is 8.07. The molecule has 2 aromatic carbocycles. The summed E-state index contributed by atoms with van der Waals surface area (Å²) in [7, 11) is 0. The zero-order valence-electron chi connectivity index (χ0n) is 22.0. The van der Waals surface area contributed by atoms with Crippen molar-refractivity contribution in [3.8, 4) is 0 Å². The molecule has 0 bridgehead atoms. The number of hydrogen-bond acceptors (Lipinski definition) is 9. The van der Waals surface area contributed by atoms with Gasteiger partial charge in [-0.15, -0.1) is 23.5 Å². The molecule has 11 nitrogen and oxygen atoms in total. The molecule has 2 aliphatic rings. The summed E-state index contributed by atoms with van der Waals surface area (Å²) >= 11 is 3.08. The van der Waals surface area contributed by atoms with E-state index in [0.29, 0.717) is 0 Å². The lowest BCUT2D eigenvalue weighted by Crippen LogP contribution is -2.51. The zero-order chi connectivity index (χ0) is 30.2. The summed E-state index contributed by atoms with van der Waals surface area (Å²) in [6.07, 6.45) is 9.11. The maximum Gasteiger partial charge on any atom is 0.328 e. The Bertz CT molecular complexity index is 1340. The maximum absolute atomic E-state index is 11.6. The second-order valence-corrected chi connectivity index (χ2v) is 9.45. The number of hydrogen-bond donors (Lipinski definition) is 4. The van der Waals surface area contributed by atoms with Crippen LogP contribution in [-0.2, 0) is 24.0 Å². The summed E-state index contributed by atoms with van der Waals surface area (Å²) in [4.78, 5) is 77.0. The molecule has 0 radical (unpaired) electrons. The lowest BCUT2D eigenvalue weighted by atomic mass is 10.1. The molecular weight excluding hydrogens is 568 g/mol. The van der Waals surface area contributed by atoms with Gasteiger partial charge in [-0.3, -0.25) is 45.2 Å². The van der Waals surface area contributed by atoms with Crippen molar-refractivity contribution in [1.29, 1.82) is 0 Å². The number of amides is 8. The first-order valence-electron chi connectivity index (χ1n) is 11.7. The third-order valence-electron chi connectivity index (χ3n) is 4.95. The van der Waals surface area contributed by atoms with E-state index in [-0.39, 0.29) is 12.0 Å².